The van der Waals surface area contributed by atoms with Crippen molar-refractivity contribution in [1.29, 1.82) is 0 Å². The van der Waals surface area contributed by atoms with Crippen LogP contribution in [0.2, 0.25) is 0 Å². The van der Waals surface area contributed by atoms with Crippen LogP contribution in [0.4, 0.5) is 0 Å². The van der Waals surface area contributed by atoms with Gasteiger partial charge in [0, 0.05) is 11.9 Å². The molecule has 2 aromatic heterocycles. The fourth-order valence-electron chi connectivity index (χ4n) is 1.19. The Morgan fingerprint density at radius 1 is 1.07 bits per heavy atom. The molecule has 0 N–H and O–H groups in total. The summed E-state index contributed by atoms with van der Waals surface area (Å²) in [6, 6.07) is 5.95. The number of pyridine rings is 2. The quantitative estimate of drug-likeness (QED) is 0.634. The third kappa shape index (κ3) is 2.08. The van der Waals surface area contributed by atoms with Crippen LogP contribution in [0.5, 0.6) is 0 Å². The number of aromatic nitrogens is 2. The van der Waals surface area contributed by atoms with Crippen molar-refractivity contribution in [2.24, 2.45) is 0 Å². The Kier molecular flexibility index (Phi) is 3.57. The van der Waals surface area contributed by atoms with E-state index in [1.54, 1.807) is 6.20 Å². The van der Waals surface area contributed by atoms with Gasteiger partial charge in [0.25, 0.3) is 0 Å². The maximum Gasteiger partial charge on any atom is 0.0890 e. The zero-order valence-electron chi connectivity index (χ0n) is 9.20. The standard InChI is InChI=1S/C10H10N2.C2H6/c1-7-6-10-9(12-8(7)2)4-3-5-11-10;1-2/h3-6H,1-2H3;1-2H3. The number of hydrogen-bond donors (Lipinski definition) is 0. The Bertz CT molecular complexity index is 381. The van der Waals surface area contributed by atoms with Crippen molar-refractivity contribution in [3.05, 3.63) is 35.7 Å². The molecular formula is C12H16N2. The lowest BCUT2D eigenvalue weighted by molar-refractivity contribution is 1.18. The molecule has 2 rings (SSSR count). The molecular weight excluding hydrogens is 172 g/mol. The molecule has 2 aromatic rings. The Balaban J connectivity index is 0.000000461. The molecule has 0 aliphatic rings. The number of aryl methyl sites for hydroxylation is 2. The maximum absolute atomic E-state index is 4.41. The van der Waals surface area contributed by atoms with Gasteiger partial charge < -0.3 is 0 Å². The molecule has 0 fully saturated rings. The van der Waals surface area contributed by atoms with E-state index in [0.29, 0.717) is 0 Å². The highest BCUT2D eigenvalue weighted by atomic mass is 14.8. The molecule has 0 radical (unpaired) electrons. The summed E-state index contributed by atoms with van der Waals surface area (Å²) < 4.78 is 0. The van der Waals surface area contributed by atoms with Crippen molar-refractivity contribution < 1.29 is 0 Å². The predicted octanol–water partition coefficient (Wildman–Crippen LogP) is 3.27. The number of hydrogen-bond acceptors (Lipinski definition) is 2. The van der Waals surface area contributed by atoms with Gasteiger partial charge in [0.2, 0.25) is 0 Å². The van der Waals surface area contributed by atoms with Crippen LogP contribution in [0.25, 0.3) is 11.0 Å². The summed E-state index contributed by atoms with van der Waals surface area (Å²) >= 11 is 0. The van der Waals surface area contributed by atoms with Gasteiger partial charge in [0.05, 0.1) is 11.0 Å². The van der Waals surface area contributed by atoms with E-state index in [2.05, 4.69) is 23.0 Å². The molecule has 0 aliphatic carbocycles. The number of rotatable bonds is 0. The van der Waals surface area contributed by atoms with Crippen LogP contribution < -0.4 is 0 Å². The van der Waals surface area contributed by atoms with Gasteiger partial charge in [-0.3, -0.25) is 9.97 Å². The topological polar surface area (TPSA) is 25.8 Å². The zero-order chi connectivity index (χ0) is 10.6. The third-order valence-corrected chi connectivity index (χ3v) is 2.03. The molecule has 0 atom stereocenters. The summed E-state index contributed by atoms with van der Waals surface area (Å²) in [4.78, 5) is 8.63. The minimum atomic E-state index is 0.973. The first kappa shape index (κ1) is 10.6. The predicted molar refractivity (Wildman–Crippen MR) is 60.4 cm³/mol. The second-order valence-corrected chi connectivity index (χ2v) is 2.93. The molecule has 0 aromatic carbocycles. The monoisotopic (exact) mass is 188 g/mol. The number of nitrogens with zero attached hydrogens (tertiary/aromatic N) is 2. The summed E-state index contributed by atoms with van der Waals surface area (Å²) in [7, 11) is 0. The van der Waals surface area contributed by atoms with Gasteiger partial charge in [-0.15, -0.1) is 0 Å². The Morgan fingerprint density at radius 3 is 2.50 bits per heavy atom. The highest BCUT2D eigenvalue weighted by Gasteiger charge is 1.97. The molecule has 0 spiro atoms. The third-order valence-electron chi connectivity index (χ3n) is 2.03. The van der Waals surface area contributed by atoms with Crippen molar-refractivity contribution in [3.63, 3.8) is 0 Å². The maximum atomic E-state index is 4.41. The summed E-state index contributed by atoms with van der Waals surface area (Å²) in [5.41, 5.74) is 4.22. The molecule has 0 bridgehead atoms. The molecule has 2 nitrogen and oxygen atoms in total. The molecule has 2 heterocycles. The van der Waals surface area contributed by atoms with Crippen LogP contribution in [-0.2, 0) is 0 Å². The molecule has 2 heteroatoms. The summed E-state index contributed by atoms with van der Waals surface area (Å²) in [6.45, 7) is 8.07. The van der Waals surface area contributed by atoms with Gasteiger partial charge >= 0.3 is 0 Å². The second-order valence-electron chi connectivity index (χ2n) is 2.93. The fraction of sp³-hybridized carbons (Fsp3) is 0.333. The SMILES string of the molecule is CC.Cc1cc2ncccc2nc1C. The highest BCUT2D eigenvalue weighted by Crippen LogP contribution is 2.12. The van der Waals surface area contributed by atoms with Gasteiger partial charge in [-0.25, -0.2) is 0 Å². The Hall–Kier alpha value is -1.44. The molecule has 0 aliphatic heterocycles. The van der Waals surface area contributed by atoms with E-state index in [0.717, 1.165) is 16.7 Å². The molecule has 14 heavy (non-hydrogen) atoms. The number of fused-ring (bicyclic) bond motifs is 1. The van der Waals surface area contributed by atoms with E-state index in [9.17, 15) is 0 Å². The lowest BCUT2D eigenvalue weighted by atomic mass is 10.2. The van der Waals surface area contributed by atoms with Gasteiger partial charge in [0.15, 0.2) is 0 Å². The first-order valence-electron chi connectivity index (χ1n) is 4.96. The van der Waals surface area contributed by atoms with Crippen molar-refractivity contribution >= 4 is 11.0 Å². The van der Waals surface area contributed by atoms with Crippen LogP contribution in [0, 0.1) is 13.8 Å². The van der Waals surface area contributed by atoms with E-state index in [4.69, 9.17) is 0 Å². The average Bonchev–Trinajstić information content (AvgIpc) is 2.23. The van der Waals surface area contributed by atoms with Gasteiger partial charge in [-0.1, -0.05) is 13.8 Å². The van der Waals surface area contributed by atoms with Crippen molar-refractivity contribution in [2.45, 2.75) is 27.7 Å². The van der Waals surface area contributed by atoms with E-state index in [1.165, 1.54) is 5.56 Å². The van der Waals surface area contributed by atoms with E-state index < -0.39 is 0 Å². The first-order chi connectivity index (χ1) is 6.77. The summed E-state index contributed by atoms with van der Waals surface area (Å²) in [5.74, 6) is 0. The lowest BCUT2D eigenvalue weighted by Crippen LogP contribution is -1.89. The van der Waals surface area contributed by atoms with Crippen LogP contribution in [-0.4, -0.2) is 9.97 Å². The van der Waals surface area contributed by atoms with E-state index in [-0.39, 0.29) is 0 Å². The van der Waals surface area contributed by atoms with Crippen molar-refractivity contribution in [3.8, 4) is 0 Å². The molecule has 74 valence electrons. The Labute approximate surface area is 85.0 Å². The zero-order valence-corrected chi connectivity index (χ0v) is 9.20. The molecule has 0 saturated carbocycles. The van der Waals surface area contributed by atoms with Crippen molar-refractivity contribution in [1.82, 2.24) is 9.97 Å². The summed E-state index contributed by atoms with van der Waals surface area (Å²) in [6.07, 6.45) is 1.79. The Morgan fingerprint density at radius 2 is 1.79 bits per heavy atom. The van der Waals surface area contributed by atoms with Crippen LogP contribution >= 0.6 is 0 Å². The van der Waals surface area contributed by atoms with Gasteiger partial charge in [-0.05, 0) is 37.6 Å². The first-order valence-corrected chi connectivity index (χ1v) is 4.96. The van der Waals surface area contributed by atoms with E-state index >= 15 is 0 Å². The van der Waals surface area contributed by atoms with E-state index in [1.807, 2.05) is 32.9 Å². The normalized spacial score (nSPS) is 9.43. The molecule has 0 amide bonds. The fourth-order valence-corrected chi connectivity index (χ4v) is 1.19. The van der Waals surface area contributed by atoms with Crippen LogP contribution in [0.1, 0.15) is 25.1 Å². The largest absolute Gasteiger partial charge is 0.255 e. The minimum Gasteiger partial charge on any atom is -0.255 e. The molecule has 0 saturated heterocycles. The molecule has 0 unspecified atom stereocenters. The minimum absolute atomic E-state index is 0.973. The van der Waals surface area contributed by atoms with Crippen LogP contribution in [0.3, 0.4) is 0 Å². The average molecular weight is 188 g/mol. The summed E-state index contributed by atoms with van der Waals surface area (Å²) in [5, 5.41) is 0. The second kappa shape index (κ2) is 4.70. The van der Waals surface area contributed by atoms with Gasteiger partial charge in [0.1, 0.15) is 0 Å². The lowest BCUT2D eigenvalue weighted by Gasteiger charge is -2.00. The van der Waals surface area contributed by atoms with Crippen molar-refractivity contribution in [2.75, 3.05) is 0 Å². The highest BCUT2D eigenvalue weighted by molar-refractivity contribution is 5.74. The smallest absolute Gasteiger partial charge is 0.0890 e. The van der Waals surface area contributed by atoms with Crippen LogP contribution in [0.15, 0.2) is 24.4 Å². The van der Waals surface area contributed by atoms with Gasteiger partial charge in [-0.2, -0.15) is 0 Å².